The fraction of sp³-hybridized carbons (Fsp3) is 0. The van der Waals surface area contributed by atoms with Gasteiger partial charge in [0.1, 0.15) is 0 Å². The molecule has 0 aliphatic carbocycles. The smallest absolute Gasteiger partial charge is 0.328 e. The third kappa shape index (κ3) is 2.71. The topological polar surface area (TPSA) is 54.4 Å². The highest BCUT2D eigenvalue weighted by molar-refractivity contribution is 6.30. The maximum absolute atomic E-state index is 10.6. The quantitative estimate of drug-likeness (QED) is 0.615. The van der Waals surface area contributed by atoms with Gasteiger partial charge in [0.05, 0.1) is 0 Å². The summed E-state index contributed by atoms with van der Waals surface area (Å²) in [6, 6.07) is 4.66. The summed E-state index contributed by atoms with van der Waals surface area (Å²) in [5, 5.41) is 8.84. The molecule has 1 aromatic carbocycles. The Labute approximate surface area is 85.6 Å². The number of carboxylic acid groups (broad SMARTS) is 1. The van der Waals surface area contributed by atoms with Crippen molar-refractivity contribution in [1.29, 1.82) is 0 Å². The minimum Gasteiger partial charge on any atom is -0.478 e. The first kappa shape index (κ1) is 10.5. The number of hydrogen-bond acceptors (Lipinski definition) is 2. The normalized spacial score (nSPS) is 10.4. The number of halogens is 1. The summed E-state index contributed by atoms with van der Waals surface area (Å²) in [7, 11) is 0. The Balaban J connectivity index is 3.08. The van der Waals surface area contributed by atoms with Crippen LogP contribution in [-0.2, 0) is 4.79 Å². The largest absolute Gasteiger partial charge is 0.478 e. The van der Waals surface area contributed by atoms with Crippen molar-refractivity contribution in [3.63, 3.8) is 0 Å². The average Bonchev–Trinajstić information content (AvgIpc) is 2.15. The van der Waals surface area contributed by atoms with Crippen LogP contribution < -0.4 is 0 Å². The number of hydrogen-bond donors (Lipinski definition) is 1. The van der Waals surface area contributed by atoms with Crippen LogP contribution in [0.4, 0.5) is 0 Å². The van der Waals surface area contributed by atoms with Gasteiger partial charge in [-0.15, -0.1) is 0 Å². The van der Waals surface area contributed by atoms with Crippen LogP contribution >= 0.6 is 11.6 Å². The van der Waals surface area contributed by atoms with Crippen LogP contribution in [0.15, 0.2) is 24.3 Å². The molecule has 72 valence electrons. The van der Waals surface area contributed by atoms with E-state index in [1.165, 1.54) is 12.1 Å². The Hall–Kier alpha value is -1.61. The van der Waals surface area contributed by atoms with Gasteiger partial charge in [0.2, 0.25) is 0 Å². The third-order valence-electron chi connectivity index (χ3n) is 1.58. The summed E-state index contributed by atoms with van der Waals surface area (Å²) in [4.78, 5) is 20.8. The number of aliphatic carboxylic acids is 1. The fourth-order valence-electron chi connectivity index (χ4n) is 0.961. The van der Waals surface area contributed by atoms with Crippen molar-refractivity contribution in [3.05, 3.63) is 40.4 Å². The second-order valence-corrected chi connectivity index (χ2v) is 3.00. The molecule has 1 rings (SSSR count). The van der Waals surface area contributed by atoms with Gasteiger partial charge in [-0.05, 0) is 23.8 Å². The van der Waals surface area contributed by atoms with Crippen molar-refractivity contribution >= 4 is 29.9 Å². The van der Waals surface area contributed by atoms with Gasteiger partial charge in [-0.1, -0.05) is 17.7 Å². The van der Waals surface area contributed by atoms with Crippen LogP contribution in [-0.4, -0.2) is 17.4 Å². The van der Waals surface area contributed by atoms with Crippen LogP contribution in [0.2, 0.25) is 5.02 Å². The number of aldehydes is 1. The highest BCUT2D eigenvalue weighted by atomic mass is 35.5. The molecule has 0 aliphatic heterocycles. The maximum Gasteiger partial charge on any atom is 0.328 e. The molecule has 0 unspecified atom stereocenters. The minimum absolute atomic E-state index is 0.370. The summed E-state index contributed by atoms with van der Waals surface area (Å²) in [5.41, 5.74) is 0.904. The molecule has 0 aromatic heterocycles. The lowest BCUT2D eigenvalue weighted by Crippen LogP contribution is -1.89. The highest BCUT2D eigenvalue weighted by Crippen LogP contribution is 2.15. The number of carboxylic acids is 1. The Morgan fingerprint density at radius 1 is 1.36 bits per heavy atom. The Morgan fingerprint density at radius 2 is 2.07 bits per heavy atom. The van der Waals surface area contributed by atoms with E-state index in [0.29, 0.717) is 22.4 Å². The lowest BCUT2D eigenvalue weighted by Gasteiger charge is -1.98. The van der Waals surface area contributed by atoms with Crippen molar-refractivity contribution in [2.75, 3.05) is 0 Å². The highest BCUT2D eigenvalue weighted by Gasteiger charge is 1.99. The molecule has 0 aliphatic rings. The molecule has 0 spiro atoms. The first-order valence-electron chi connectivity index (χ1n) is 3.79. The Morgan fingerprint density at radius 3 is 2.64 bits per heavy atom. The molecule has 1 aromatic rings. The van der Waals surface area contributed by atoms with E-state index in [-0.39, 0.29) is 0 Å². The van der Waals surface area contributed by atoms with Gasteiger partial charge in [-0.25, -0.2) is 4.79 Å². The lowest BCUT2D eigenvalue weighted by molar-refractivity contribution is -0.131. The third-order valence-corrected chi connectivity index (χ3v) is 1.82. The van der Waals surface area contributed by atoms with Gasteiger partial charge in [0, 0.05) is 16.7 Å². The molecule has 0 radical (unpaired) electrons. The fourth-order valence-corrected chi connectivity index (χ4v) is 1.14. The summed E-state index contributed by atoms with van der Waals surface area (Å²) < 4.78 is 0. The predicted molar refractivity (Wildman–Crippen MR) is 53.5 cm³/mol. The molecule has 14 heavy (non-hydrogen) atoms. The standard InChI is InChI=1S/C10H7ClO3/c11-9-3-1-7(2-4-10(13)14)8(5-9)6-12/h1-6H,(H,13,14). The van der Waals surface area contributed by atoms with Gasteiger partial charge >= 0.3 is 5.97 Å². The molecule has 4 heteroatoms. The van der Waals surface area contributed by atoms with E-state index < -0.39 is 5.97 Å². The molecule has 0 fully saturated rings. The zero-order chi connectivity index (χ0) is 10.6. The first-order valence-corrected chi connectivity index (χ1v) is 4.17. The van der Waals surface area contributed by atoms with E-state index in [0.717, 1.165) is 6.08 Å². The van der Waals surface area contributed by atoms with Crippen LogP contribution in [0.3, 0.4) is 0 Å². The predicted octanol–water partition coefficient (Wildman–Crippen LogP) is 2.25. The first-order chi connectivity index (χ1) is 6.63. The van der Waals surface area contributed by atoms with Gasteiger partial charge in [0.25, 0.3) is 0 Å². The minimum atomic E-state index is -1.06. The van der Waals surface area contributed by atoms with Crippen molar-refractivity contribution in [2.45, 2.75) is 0 Å². The summed E-state index contributed by atoms with van der Waals surface area (Å²) in [5.74, 6) is -1.06. The number of benzene rings is 1. The molecular weight excluding hydrogens is 204 g/mol. The lowest BCUT2D eigenvalue weighted by atomic mass is 10.1. The van der Waals surface area contributed by atoms with Crippen molar-refractivity contribution < 1.29 is 14.7 Å². The molecule has 1 N–H and O–H groups in total. The van der Waals surface area contributed by atoms with E-state index in [2.05, 4.69) is 0 Å². The van der Waals surface area contributed by atoms with E-state index in [4.69, 9.17) is 16.7 Å². The summed E-state index contributed by atoms with van der Waals surface area (Å²) >= 11 is 5.66. The Bertz CT molecular complexity index is 396. The van der Waals surface area contributed by atoms with E-state index in [9.17, 15) is 9.59 Å². The zero-order valence-corrected chi connectivity index (χ0v) is 7.86. The number of rotatable bonds is 3. The van der Waals surface area contributed by atoms with Crippen molar-refractivity contribution in [1.82, 2.24) is 0 Å². The van der Waals surface area contributed by atoms with Crippen LogP contribution in [0.1, 0.15) is 15.9 Å². The number of carbonyl (C=O) groups excluding carboxylic acids is 1. The van der Waals surface area contributed by atoms with Gasteiger partial charge in [-0.2, -0.15) is 0 Å². The van der Waals surface area contributed by atoms with E-state index in [1.54, 1.807) is 12.1 Å². The second kappa shape index (κ2) is 4.58. The monoisotopic (exact) mass is 210 g/mol. The zero-order valence-electron chi connectivity index (χ0n) is 7.11. The van der Waals surface area contributed by atoms with Gasteiger partial charge < -0.3 is 5.11 Å². The molecule has 0 bridgehead atoms. The number of carbonyl (C=O) groups is 2. The van der Waals surface area contributed by atoms with Crippen LogP contribution in [0.5, 0.6) is 0 Å². The molecule has 0 amide bonds. The summed E-state index contributed by atoms with van der Waals surface area (Å²) in [6.07, 6.45) is 2.95. The maximum atomic E-state index is 10.6. The van der Waals surface area contributed by atoms with Gasteiger partial charge in [0.15, 0.2) is 6.29 Å². The van der Waals surface area contributed by atoms with Crippen molar-refractivity contribution in [3.8, 4) is 0 Å². The van der Waals surface area contributed by atoms with Crippen LogP contribution in [0, 0.1) is 0 Å². The van der Waals surface area contributed by atoms with Crippen molar-refractivity contribution in [2.24, 2.45) is 0 Å². The molecule has 0 atom stereocenters. The molecule has 0 saturated heterocycles. The van der Waals surface area contributed by atoms with Gasteiger partial charge in [-0.3, -0.25) is 4.79 Å². The molecule has 0 heterocycles. The second-order valence-electron chi connectivity index (χ2n) is 2.56. The average molecular weight is 211 g/mol. The summed E-state index contributed by atoms with van der Waals surface area (Å²) in [6.45, 7) is 0. The SMILES string of the molecule is O=Cc1cc(Cl)ccc1C=CC(=O)O. The van der Waals surface area contributed by atoms with Crippen LogP contribution in [0.25, 0.3) is 6.08 Å². The molecule has 3 nitrogen and oxygen atoms in total. The molecule has 0 saturated carbocycles. The van der Waals surface area contributed by atoms with E-state index >= 15 is 0 Å². The van der Waals surface area contributed by atoms with E-state index in [1.807, 2.05) is 0 Å². The molecular formula is C10H7ClO3. The Kier molecular flexibility index (Phi) is 3.42.